The molecule has 0 radical (unpaired) electrons. The smallest absolute Gasteiger partial charge is 0.0382 e. The van der Waals surface area contributed by atoms with Gasteiger partial charge in [-0.3, -0.25) is 0 Å². The molecule has 0 saturated carbocycles. The van der Waals surface area contributed by atoms with Gasteiger partial charge < -0.3 is 10.6 Å². The summed E-state index contributed by atoms with van der Waals surface area (Å²) in [6.45, 7) is 6.62. The quantitative estimate of drug-likeness (QED) is 0.905. The van der Waals surface area contributed by atoms with Crippen LogP contribution in [-0.4, -0.2) is 12.1 Å². The minimum Gasteiger partial charge on any atom is -0.366 e. The summed E-state index contributed by atoms with van der Waals surface area (Å²) in [4.78, 5) is 2.57. The summed E-state index contributed by atoms with van der Waals surface area (Å²) in [5.74, 6) is 0. The number of nitrogens with two attached hydrogens (primary N) is 1. The van der Waals surface area contributed by atoms with Crippen LogP contribution in [0.3, 0.4) is 0 Å². The SMILES string of the molecule is CCC1CCC(C)N1c1ccc([C@H](C)N)c(Br)c1. The van der Waals surface area contributed by atoms with Gasteiger partial charge in [-0.15, -0.1) is 0 Å². The van der Waals surface area contributed by atoms with E-state index in [-0.39, 0.29) is 6.04 Å². The number of anilines is 1. The van der Waals surface area contributed by atoms with Crippen LogP contribution < -0.4 is 10.6 Å². The van der Waals surface area contributed by atoms with Crippen molar-refractivity contribution in [3.8, 4) is 0 Å². The maximum absolute atomic E-state index is 5.96. The largest absolute Gasteiger partial charge is 0.366 e. The minimum atomic E-state index is 0.0754. The Kier molecular flexibility index (Phi) is 4.33. The van der Waals surface area contributed by atoms with Crippen molar-refractivity contribution in [2.24, 2.45) is 5.73 Å². The Morgan fingerprint density at radius 1 is 1.44 bits per heavy atom. The van der Waals surface area contributed by atoms with Gasteiger partial charge >= 0.3 is 0 Å². The number of hydrogen-bond donors (Lipinski definition) is 1. The molecule has 1 saturated heterocycles. The van der Waals surface area contributed by atoms with Crippen molar-refractivity contribution in [1.82, 2.24) is 0 Å². The normalized spacial score (nSPS) is 25.5. The van der Waals surface area contributed by atoms with Gasteiger partial charge in [-0.1, -0.05) is 28.9 Å². The van der Waals surface area contributed by atoms with E-state index in [0.717, 1.165) is 4.47 Å². The summed E-state index contributed by atoms with van der Waals surface area (Å²) in [5.41, 5.74) is 8.46. The average Bonchev–Trinajstić information content (AvgIpc) is 2.69. The molecule has 100 valence electrons. The number of halogens is 1. The lowest BCUT2D eigenvalue weighted by Gasteiger charge is -2.31. The second kappa shape index (κ2) is 5.62. The summed E-state index contributed by atoms with van der Waals surface area (Å²) in [5, 5.41) is 0. The minimum absolute atomic E-state index is 0.0754. The van der Waals surface area contributed by atoms with Crippen molar-refractivity contribution < 1.29 is 0 Å². The topological polar surface area (TPSA) is 29.3 Å². The fourth-order valence-corrected chi connectivity index (χ4v) is 3.71. The molecule has 1 aromatic rings. The molecule has 2 rings (SSSR count). The van der Waals surface area contributed by atoms with Gasteiger partial charge in [0.1, 0.15) is 0 Å². The molecule has 18 heavy (non-hydrogen) atoms. The Bertz CT molecular complexity index is 417. The lowest BCUT2D eigenvalue weighted by atomic mass is 10.1. The highest BCUT2D eigenvalue weighted by molar-refractivity contribution is 9.10. The highest BCUT2D eigenvalue weighted by atomic mass is 79.9. The van der Waals surface area contributed by atoms with Gasteiger partial charge in [0.2, 0.25) is 0 Å². The molecule has 3 atom stereocenters. The number of hydrogen-bond acceptors (Lipinski definition) is 2. The Balaban J connectivity index is 2.31. The van der Waals surface area contributed by atoms with Gasteiger partial charge in [-0.25, -0.2) is 0 Å². The zero-order valence-electron chi connectivity index (χ0n) is 11.5. The molecule has 1 heterocycles. The fraction of sp³-hybridized carbons (Fsp3) is 0.600. The third-order valence-corrected chi connectivity index (χ3v) is 4.72. The van der Waals surface area contributed by atoms with Crippen molar-refractivity contribution in [2.45, 2.75) is 58.2 Å². The molecule has 2 nitrogen and oxygen atoms in total. The molecule has 1 fully saturated rings. The predicted molar refractivity (Wildman–Crippen MR) is 82.0 cm³/mol. The summed E-state index contributed by atoms with van der Waals surface area (Å²) >= 11 is 3.65. The molecule has 0 spiro atoms. The first-order valence-corrected chi connectivity index (χ1v) is 7.67. The maximum Gasteiger partial charge on any atom is 0.0382 e. The predicted octanol–water partition coefficient (Wildman–Crippen LogP) is 4.24. The third kappa shape index (κ3) is 2.57. The number of nitrogens with zero attached hydrogens (tertiary/aromatic N) is 1. The summed E-state index contributed by atoms with van der Waals surface area (Å²) in [6, 6.07) is 8.00. The molecule has 0 bridgehead atoms. The summed E-state index contributed by atoms with van der Waals surface area (Å²) < 4.78 is 1.13. The van der Waals surface area contributed by atoms with E-state index in [1.165, 1.54) is 30.5 Å². The molecule has 1 aliphatic heterocycles. The Labute approximate surface area is 119 Å². The first kappa shape index (κ1) is 13.9. The molecular weight excluding hydrogens is 288 g/mol. The van der Waals surface area contributed by atoms with Crippen LogP contribution in [0.1, 0.15) is 51.6 Å². The molecule has 0 aliphatic carbocycles. The molecule has 2 N–H and O–H groups in total. The molecule has 2 unspecified atom stereocenters. The van der Waals surface area contributed by atoms with E-state index in [4.69, 9.17) is 5.73 Å². The van der Waals surface area contributed by atoms with Gasteiger partial charge in [0.05, 0.1) is 0 Å². The van der Waals surface area contributed by atoms with E-state index >= 15 is 0 Å². The standard InChI is InChI=1S/C15H23BrN2/c1-4-12-6-5-10(2)18(12)13-7-8-14(11(3)17)15(16)9-13/h7-12H,4-6,17H2,1-3H3/t10?,11-,12?/m0/s1. The van der Waals surface area contributed by atoms with Gasteiger partial charge in [0.15, 0.2) is 0 Å². The van der Waals surface area contributed by atoms with Gasteiger partial charge in [-0.05, 0) is 50.8 Å². The molecule has 1 aliphatic rings. The van der Waals surface area contributed by atoms with E-state index < -0.39 is 0 Å². The molecular formula is C15H23BrN2. The van der Waals surface area contributed by atoms with Crippen LogP contribution in [0.5, 0.6) is 0 Å². The van der Waals surface area contributed by atoms with Gasteiger partial charge in [-0.2, -0.15) is 0 Å². The third-order valence-electron chi connectivity index (χ3n) is 4.03. The van der Waals surface area contributed by atoms with E-state index in [9.17, 15) is 0 Å². The first-order chi connectivity index (χ1) is 8.54. The Hall–Kier alpha value is -0.540. The van der Waals surface area contributed by atoms with Crippen LogP contribution in [0.25, 0.3) is 0 Å². The van der Waals surface area contributed by atoms with E-state index in [1.54, 1.807) is 0 Å². The van der Waals surface area contributed by atoms with Crippen molar-refractivity contribution in [3.63, 3.8) is 0 Å². The van der Waals surface area contributed by atoms with Crippen LogP contribution in [0.4, 0.5) is 5.69 Å². The first-order valence-electron chi connectivity index (χ1n) is 6.88. The lowest BCUT2D eigenvalue weighted by Crippen LogP contribution is -2.34. The van der Waals surface area contributed by atoms with Gasteiger partial charge in [0, 0.05) is 28.3 Å². The van der Waals surface area contributed by atoms with Crippen LogP contribution in [0.2, 0.25) is 0 Å². The second-order valence-corrected chi connectivity index (χ2v) is 6.24. The van der Waals surface area contributed by atoms with Gasteiger partial charge in [0.25, 0.3) is 0 Å². The molecule has 0 aromatic heterocycles. The zero-order valence-corrected chi connectivity index (χ0v) is 13.1. The van der Waals surface area contributed by atoms with E-state index in [1.807, 2.05) is 6.92 Å². The van der Waals surface area contributed by atoms with Crippen molar-refractivity contribution in [2.75, 3.05) is 4.90 Å². The van der Waals surface area contributed by atoms with E-state index in [0.29, 0.717) is 12.1 Å². The zero-order chi connectivity index (χ0) is 13.3. The van der Waals surface area contributed by atoms with Crippen molar-refractivity contribution in [1.29, 1.82) is 0 Å². The van der Waals surface area contributed by atoms with Crippen molar-refractivity contribution in [3.05, 3.63) is 28.2 Å². The molecule has 1 aromatic carbocycles. The highest BCUT2D eigenvalue weighted by Gasteiger charge is 2.29. The Morgan fingerprint density at radius 2 is 2.17 bits per heavy atom. The van der Waals surface area contributed by atoms with Crippen LogP contribution in [-0.2, 0) is 0 Å². The fourth-order valence-electron chi connectivity index (χ4n) is 2.98. The second-order valence-electron chi connectivity index (χ2n) is 5.39. The summed E-state index contributed by atoms with van der Waals surface area (Å²) in [6.07, 6.45) is 3.83. The number of rotatable bonds is 3. The molecule has 0 amide bonds. The molecule has 3 heteroatoms. The monoisotopic (exact) mass is 310 g/mol. The van der Waals surface area contributed by atoms with Crippen LogP contribution >= 0.6 is 15.9 Å². The highest BCUT2D eigenvalue weighted by Crippen LogP contribution is 2.35. The van der Waals surface area contributed by atoms with E-state index in [2.05, 4.69) is 52.9 Å². The lowest BCUT2D eigenvalue weighted by molar-refractivity contribution is 0.627. The summed E-state index contributed by atoms with van der Waals surface area (Å²) in [7, 11) is 0. The van der Waals surface area contributed by atoms with Crippen molar-refractivity contribution >= 4 is 21.6 Å². The Morgan fingerprint density at radius 3 is 2.72 bits per heavy atom. The maximum atomic E-state index is 5.96. The van der Waals surface area contributed by atoms with Crippen LogP contribution in [0.15, 0.2) is 22.7 Å². The van der Waals surface area contributed by atoms with Crippen LogP contribution in [0, 0.1) is 0 Å². The average molecular weight is 311 g/mol. The number of benzene rings is 1.